The van der Waals surface area contributed by atoms with Crippen molar-refractivity contribution >= 4 is 10.0 Å². The number of oxazole rings is 1. The molecule has 33 heavy (non-hydrogen) atoms. The molecule has 1 saturated heterocycles. The van der Waals surface area contributed by atoms with Crippen molar-refractivity contribution in [2.24, 2.45) is 0 Å². The predicted molar refractivity (Wildman–Crippen MR) is 110 cm³/mol. The van der Waals surface area contributed by atoms with E-state index in [1.807, 2.05) is 0 Å². The predicted octanol–water partition coefficient (Wildman–Crippen LogP) is 3.43. The standard InChI is InChI=1S/C22H19F3N2O5S/c1-33(28,29)27-13-8-22(32-11-13)7-12-5-16(19(25)6-18(12)24)15-3-2-4-17(23)20(15)30-9-14-10-31-21(22)26-14/h2-6,10,13,27H,7-9,11H2,1H3/t13-,22+/m0/s1. The van der Waals surface area contributed by atoms with Crippen LogP contribution in [0.4, 0.5) is 13.2 Å². The van der Waals surface area contributed by atoms with Crippen LogP contribution in [0.5, 0.6) is 5.75 Å². The third-order valence-corrected chi connectivity index (χ3v) is 6.45. The van der Waals surface area contributed by atoms with Gasteiger partial charge >= 0.3 is 0 Å². The van der Waals surface area contributed by atoms with Crippen LogP contribution in [0.15, 0.2) is 41.0 Å². The molecule has 5 rings (SSSR count). The zero-order chi connectivity index (χ0) is 23.4. The highest BCUT2D eigenvalue weighted by atomic mass is 32.2. The van der Waals surface area contributed by atoms with Gasteiger partial charge in [-0.25, -0.2) is 31.3 Å². The number of benzene rings is 2. The number of nitrogens with one attached hydrogen (secondary N) is 1. The first-order valence-corrected chi connectivity index (χ1v) is 12.0. The molecule has 174 valence electrons. The molecule has 2 atom stereocenters. The summed E-state index contributed by atoms with van der Waals surface area (Å²) in [6.07, 6.45) is 2.34. The number of sulfonamides is 1. The van der Waals surface area contributed by atoms with Gasteiger partial charge in [-0.15, -0.1) is 0 Å². The van der Waals surface area contributed by atoms with Gasteiger partial charge in [-0.1, -0.05) is 12.1 Å². The van der Waals surface area contributed by atoms with E-state index in [-0.39, 0.29) is 54.4 Å². The maximum atomic E-state index is 14.9. The highest BCUT2D eigenvalue weighted by Crippen LogP contribution is 2.42. The molecular formula is C22H19F3N2O5S. The Kier molecular flexibility index (Phi) is 5.22. The molecule has 2 aliphatic rings. The van der Waals surface area contributed by atoms with Crippen LogP contribution in [0.1, 0.15) is 23.6 Å². The normalized spacial score (nSPS) is 22.4. The second kappa shape index (κ2) is 7.86. The molecule has 0 radical (unpaired) electrons. The van der Waals surface area contributed by atoms with Gasteiger partial charge in [0.05, 0.1) is 12.9 Å². The summed E-state index contributed by atoms with van der Waals surface area (Å²) in [6, 6.07) is 5.46. The van der Waals surface area contributed by atoms with Crippen LogP contribution in [0.25, 0.3) is 11.1 Å². The van der Waals surface area contributed by atoms with Crippen LogP contribution < -0.4 is 9.46 Å². The Bertz CT molecular complexity index is 1340. The van der Waals surface area contributed by atoms with Crippen molar-refractivity contribution in [3.8, 4) is 16.9 Å². The van der Waals surface area contributed by atoms with Gasteiger partial charge in [0.2, 0.25) is 15.9 Å². The van der Waals surface area contributed by atoms with Crippen LogP contribution in [-0.2, 0) is 33.4 Å². The summed E-state index contributed by atoms with van der Waals surface area (Å²) in [4.78, 5) is 4.39. The van der Waals surface area contributed by atoms with E-state index in [0.29, 0.717) is 5.69 Å². The molecule has 7 nitrogen and oxygen atoms in total. The number of halogens is 3. The van der Waals surface area contributed by atoms with Crippen molar-refractivity contribution in [1.82, 2.24) is 9.71 Å². The number of ether oxygens (including phenoxy) is 2. The molecule has 11 heteroatoms. The topological polar surface area (TPSA) is 90.7 Å². The molecular weight excluding hydrogens is 461 g/mol. The molecule has 0 unspecified atom stereocenters. The van der Waals surface area contributed by atoms with Crippen LogP contribution >= 0.6 is 0 Å². The molecule has 1 N–H and O–H groups in total. The second-order valence-electron chi connectivity index (χ2n) is 8.25. The van der Waals surface area contributed by atoms with E-state index < -0.39 is 39.1 Å². The molecule has 0 amide bonds. The van der Waals surface area contributed by atoms with E-state index in [9.17, 15) is 21.6 Å². The molecule has 2 aliphatic heterocycles. The molecule has 3 heterocycles. The number of nitrogens with zero attached hydrogens (tertiary/aromatic N) is 1. The number of para-hydroxylation sites is 1. The van der Waals surface area contributed by atoms with E-state index in [1.54, 1.807) is 0 Å². The van der Waals surface area contributed by atoms with E-state index in [1.165, 1.54) is 30.5 Å². The lowest BCUT2D eigenvalue weighted by Crippen LogP contribution is -2.36. The summed E-state index contributed by atoms with van der Waals surface area (Å²) in [7, 11) is -3.53. The maximum Gasteiger partial charge on any atom is 0.227 e. The second-order valence-corrected chi connectivity index (χ2v) is 10.0. The highest BCUT2D eigenvalue weighted by Gasteiger charge is 2.47. The van der Waals surface area contributed by atoms with Crippen LogP contribution in [-0.4, -0.2) is 32.3 Å². The first-order valence-electron chi connectivity index (χ1n) is 10.1. The number of aromatic nitrogens is 1. The lowest BCUT2D eigenvalue weighted by molar-refractivity contribution is -0.0221. The van der Waals surface area contributed by atoms with Crippen molar-refractivity contribution < 1.29 is 35.5 Å². The van der Waals surface area contributed by atoms with Crippen molar-refractivity contribution in [3.63, 3.8) is 0 Å². The van der Waals surface area contributed by atoms with Gasteiger partial charge in [0, 0.05) is 36.1 Å². The van der Waals surface area contributed by atoms with E-state index in [2.05, 4.69) is 9.71 Å². The van der Waals surface area contributed by atoms with Gasteiger partial charge in [-0.2, -0.15) is 0 Å². The van der Waals surface area contributed by atoms with Gasteiger partial charge in [0.15, 0.2) is 11.6 Å². The molecule has 1 aromatic heterocycles. The lowest BCUT2D eigenvalue weighted by atomic mass is 9.88. The minimum atomic E-state index is -3.53. The summed E-state index contributed by atoms with van der Waals surface area (Å²) >= 11 is 0. The van der Waals surface area contributed by atoms with E-state index >= 15 is 0 Å². The van der Waals surface area contributed by atoms with Gasteiger partial charge in [-0.3, -0.25) is 0 Å². The molecule has 2 aromatic carbocycles. The van der Waals surface area contributed by atoms with Crippen molar-refractivity contribution in [2.75, 3.05) is 12.9 Å². The van der Waals surface area contributed by atoms with E-state index in [0.717, 1.165) is 12.3 Å². The van der Waals surface area contributed by atoms with E-state index in [4.69, 9.17) is 13.9 Å². The van der Waals surface area contributed by atoms with Crippen molar-refractivity contribution in [3.05, 3.63) is 71.2 Å². The zero-order valence-corrected chi connectivity index (χ0v) is 18.2. The minimum Gasteiger partial charge on any atom is -0.483 e. The first-order chi connectivity index (χ1) is 15.6. The van der Waals surface area contributed by atoms with Gasteiger partial charge < -0.3 is 13.9 Å². The Balaban J connectivity index is 1.66. The van der Waals surface area contributed by atoms with Crippen molar-refractivity contribution in [1.29, 1.82) is 0 Å². The third-order valence-electron chi connectivity index (χ3n) is 5.69. The summed E-state index contributed by atoms with van der Waals surface area (Å²) in [6.45, 7) is -0.167. The van der Waals surface area contributed by atoms with Crippen LogP contribution in [0, 0.1) is 17.5 Å². The summed E-state index contributed by atoms with van der Waals surface area (Å²) < 4.78 is 87.4. The quantitative estimate of drug-likeness (QED) is 0.605. The van der Waals surface area contributed by atoms with Gasteiger partial charge in [0.25, 0.3) is 0 Å². The Hall–Kier alpha value is -2.89. The Labute approximate surface area is 187 Å². The van der Waals surface area contributed by atoms with Crippen molar-refractivity contribution in [2.45, 2.75) is 31.1 Å². The lowest BCUT2D eigenvalue weighted by Gasteiger charge is -2.26. The highest BCUT2D eigenvalue weighted by molar-refractivity contribution is 7.88. The molecule has 3 aromatic rings. The fourth-order valence-corrected chi connectivity index (χ4v) is 5.10. The zero-order valence-electron chi connectivity index (χ0n) is 17.4. The number of hydrogen-bond acceptors (Lipinski definition) is 6. The van der Waals surface area contributed by atoms with Gasteiger partial charge in [-0.05, 0) is 17.7 Å². The Morgan fingerprint density at radius 2 is 1.94 bits per heavy atom. The third kappa shape index (κ3) is 4.11. The average molecular weight is 480 g/mol. The smallest absolute Gasteiger partial charge is 0.227 e. The summed E-state index contributed by atoms with van der Waals surface area (Å²) in [5.41, 5.74) is -0.838. The largest absolute Gasteiger partial charge is 0.483 e. The summed E-state index contributed by atoms with van der Waals surface area (Å²) in [5.74, 6) is -2.51. The number of fused-ring (bicyclic) bond motifs is 7. The SMILES string of the molecule is CS(=O)(=O)N[C@@H]1CO[C@]2(Cc3cc(c(F)cc3F)-c3cccc(F)c3OCc3coc2n3)C1. The first kappa shape index (κ1) is 21.9. The minimum absolute atomic E-state index is 0.00496. The fraction of sp³-hybridized carbons (Fsp3) is 0.318. The van der Waals surface area contributed by atoms with Crippen LogP contribution in [0.3, 0.4) is 0 Å². The molecule has 0 saturated carbocycles. The monoisotopic (exact) mass is 480 g/mol. The maximum absolute atomic E-state index is 14.9. The molecule has 4 bridgehead atoms. The number of hydrogen-bond donors (Lipinski definition) is 1. The van der Waals surface area contributed by atoms with Gasteiger partial charge in [0.1, 0.15) is 35.8 Å². The Morgan fingerprint density at radius 3 is 2.73 bits per heavy atom. The fourth-order valence-electron chi connectivity index (χ4n) is 4.34. The average Bonchev–Trinajstić information content (AvgIpc) is 3.35. The van der Waals surface area contributed by atoms with Crippen LogP contribution in [0.2, 0.25) is 0 Å². The molecule has 1 spiro atoms. The molecule has 0 aliphatic carbocycles. The summed E-state index contributed by atoms with van der Waals surface area (Å²) in [5, 5.41) is 0. The molecule has 1 fully saturated rings. The number of rotatable bonds is 2. The Morgan fingerprint density at radius 1 is 1.12 bits per heavy atom.